The molecule has 0 atom stereocenters. The number of aliphatic hydroxyl groups excluding tert-OH is 1. The summed E-state index contributed by atoms with van der Waals surface area (Å²) in [6.07, 6.45) is -4.42. The van der Waals surface area contributed by atoms with Gasteiger partial charge in [-0.2, -0.15) is 13.2 Å². The third-order valence-corrected chi connectivity index (χ3v) is 3.54. The highest BCUT2D eigenvalue weighted by atomic mass is 79.9. The second-order valence-electron chi connectivity index (χ2n) is 4.82. The number of aliphatic hydroxyl groups is 1. The Morgan fingerprint density at radius 1 is 1.17 bits per heavy atom. The Morgan fingerprint density at radius 2 is 1.83 bits per heavy atom. The molecule has 0 saturated heterocycles. The number of ether oxygens (including phenoxy) is 1. The summed E-state index contributed by atoms with van der Waals surface area (Å²) in [5.41, 5.74) is -0.0549. The van der Waals surface area contributed by atoms with Gasteiger partial charge in [-0.05, 0) is 42.5 Å². The molecule has 0 aromatic heterocycles. The van der Waals surface area contributed by atoms with Crippen LogP contribution in [0.25, 0.3) is 0 Å². The van der Waals surface area contributed by atoms with Crippen molar-refractivity contribution in [3.05, 3.63) is 58.1 Å². The first-order valence-electron chi connectivity index (χ1n) is 6.79. The van der Waals surface area contributed by atoms with Gasteiger partial charge in [0.05, 0.1) is 12.2 Å². The van der Waals surface area contributed by atoms with E-state index in [1.165, 1.54) is 12.1 Å². The molecule has 0 saturated carbocycles. The van der Waals surface area contributed by atoms with Crippen LogP contribution in [0.4, 0.5) is 18.9 Å². The Morgan fingerprint density at radius 3 is 2.42 bits per heavy atom. The van der Waals surface area contributed by atoms with Crippen LogP contribution in [-0.2, 0) is 17.6 Å². The molecule has 0 aliphatic rings. The lowest BCUT2D eigenvalue weighted by Crippen LogP contribution is -2.20. The number of halogens is 4. The Labute approximate surface area is 144 Å². The van der Waals surface area contributed by atoms with Crippen LogP contribution >= 0.6 is 15.9 Å². The number of benzene rings is 2. The summed E-state index contributed by atoms with van der Waals surface area (Å²) >= 11 is 3.26. The first-order valence-corrected chi connectivity index (χ1v) is 7.58. The number of rotatable bonds is 5. The average molecular weight is 404 g/mol. The zero-order chi connectivity index (χ0) is 17.7. The molecule has 2 aromatic carbocycles. The van der Waals surface area contributed by atoms with Crippen molar-refractivity contribution in [3.8, 4) is 5.75 Å². The van der Waals surface area contributed by atoms with Gasteiger partial charge in [0.2, 0.25) is 0 Å². The molecular formula is C16H13BrF3NO3. The molecule has 2 N–H and O–H groups in total. The number of anilines is 1. The lowest BCUT2D eigenvalue weighted by Gasteiger charge is -2.11. The molecule has 0 bridgehead atoms. The summed E-state index contributed by atoms with van der Waals surface area (Å²) in [6.45, 7) is -0.592. The highest BCUT2D eigenvalue weighted by Gasteiger charge is 2.29. The van der Waals surface area contributed by atoms with Gasteiger partial charge in [0.1, 0.15) is 5.75 Å². The molecule has 0 spiro atoms. The van der Waals surface area contributed by atoms with Crippen LogP contribution in [0.15, 0.2) is 46.9 Å². The van der Waals surface area contributed by atoms with Crippen LogP contribution in [0.3, 0.4) is 0 Å². The molecular weight excluding hydrogens is 391 g/mol. The Kier molecular flexibility index (Phi) is 5.84. The maximum Gasteiger partial charge on any atom is 0.416 e. The standard InChI is InChI=1S/C16H13BrF3NO3/c17-12-3-6-14(10(7-12)8-22)24-9-15(23)21-13-4-1-11(2-5-13)16(18,19)20/h1-7,22H,8-9H2,(H,21,23). The van der Waals surface area contributed by atoms with Gasteiger partial charge in [-0.15, -0.1) is 0 Å². The van der Waals surface area contributed by atoms with Gasteiger partial charge in [-0.25, -0.2) is 0 Å². The number of carbonyl (C=O) groups excluding carboxylic acids is 1. The van der Waals surface area contributed by atoms with Crippen molar-refractivity contribution in [2.45, 2.75) is 12.8 Å². The normalized spacial score (nSPS) is 11.2. The topological polar surface area (TPSA) is 58.6 Å². The van der Waals surface area contributed by atoms with E-state index in [-0.39, 0.29) is 18.9 Å². The monoisotopic (exact) mass is 403 g/mol. The van der Waals surface area contributed by atoms with Crippen molar-refractivity contribution in [2.75, 3.05) is 11.9 Å². The molecule has 1 amide bonds. The number of alkyl halides is 3. The molecule has 2 aromatic rings. The fraction of sp³-hybridized carbons (Fsp3) is 0.188. The third kappa shape index (κ3) is 4.97. The fourth-order valence-electron chi connectivity index (χ4n) is 1.90. The number of hydrogen-bond acceptors (Lipinski definition) is 3. The Bertz CT molecular complexity index is 717. The molecule has 0 fully saturated rings. The SMILES string of the molecule is O=C(COc1ccc(Br)cc1CO)Nc1ccc(C(F)(F)F)cc1. The first kappa shape index (κ1) is 18.3. The first-order chi connectivity index (χ1) is 11.3. The molecule has 4 nitrogen and oxygen atoms in total. The third-order valence-electron chi connectivity index (χ3n) is 3.05. The summed E-state index contributed by atoms with van der Waals surface area (Å²) in [6, 6.07) is 9.05. The van der Waals surface area contributed by atoms with Crippen molar-refractivity contribution in [3.63, 3.8) is 0 Å². The molecule has 0 radical (unpaired) electrons. The van der Waals surface area contributed by atoms with Gasteiger partial charge >= 0.3 is 6.18 Å². The summed E-state index contributed by atoms with van der Waals surface area (Å²) in [4.78, 5) is 11.8. The number of nitrogens with one attached hydrogen (secondary N) is 1. The average Bonchev–Trinajstić information content (AvgIpc) is 2.53. The Hall–Kier alpha value is -2.06. The van der Waals surface area contributed by atoms with Crippen molar-refractivity contribution in [1.82, 2.24) is 0 Å². The van der Waals surface area contributed by atoms with Crippen molar-refractivity contribution in [1.29, 1.82) is 0 Å². The van der Waals surface area contributed by atoms with Crippen LogP contribution < -0.4 is 10.1 Å². The molecule has 128 valence electrons. The molecule has 0 aliphatic heterocycles. The van der Waals surface area contributed by atoms with E-state index in [9.17, 15) is 23.1 Å². The highest BCUT2D eigenvalue weighted by molar-refractivity contribution is 9.10. The van der Waals surface area contributed by atoms with Gasteiger partial charge in [-0.3, -0.25) is 4.79 Å². The summed E-state index contributed by atoms with van der Waals surface area (Å²) in [5.74, 6) is -0.176. The fourth-order valence-corrected chi connectivity index (χ4v) is 2.30. The van der Waals surface area contributed by atoms with Gasteiger partial charge < -0.3 is 15.2 Å². The molecule has 24 heavy (non-hydrogen) atoms. The van der Waals surface area contributed by atoms with Gasteiger partial charge in [-0.1, -0.05) is 15.9 Å². The lowest BCUT2D eigenvalue weighted by molar-refractivity contribution is -0.137. The quantitative estimate of drug-likeness (QED) is 0.793. The summed E-state index contributed by atoms with van der Waals surface area (Å²) in [5, 5.41) is 11.7. The smallest absolute Gasteiger partial charge is 0.416 e. The predicted octanol–water partition coefficient (Wildman–Crippen LogP) is 3.98. The molecule has 8 heteroatoms. The van der Waals surface area contributed by atoms with E-state index in [2.05, 4.69) is 21.2 Å². The van der Waals surface area contributed by atoms with Crippen LogP contribution in [0.5, 0.6) is 5.75 Å². The van der Waals surface area contributed by atoms with E-state index in [0.29, 0.717) is 11.3 Å². The number of hydrogen-bond donors (Lipinski definition) is 2. The van der Waals surface area contributed by atoms with E-state index in [1.807, 2.05) is 0 Å². The van der Waals surface area contributed by atoms with E-state index in [4.69, 9.17) is 4.74 Å². The van der Waals surface area contributed by atoms with Crippen LogP contribution in [-0.4, -0.2) is 17.6 Å². The van der Waals surface area contributed by atoms with E-state index in [0.717, 1.165) is 16.6 Å². The second-order valence-corrected chi connectivity index (χ2v) is 5.74. The van der Waals surface area contributed by atoms with Gasteiger partial charge in [0.25, 0.3) is 5.91 Å². The predicted molar refractivity (Wildman–Crippen MR) is 85.6 cm³/mol. The minimum Gasteiger partial charge on any atom is -0.483 e. The zero-order valence-electron chi connectivity index (χ0n) is 12.2. The summed E-state index contributed by atoms with van der Waals surface area (Å²) in [7, 11) is 0. The number of carbonyl (C=O) groups is 1. The molecule has 0 aliphatic carbocycles. The van der Waals surface area contributed by atoms with Crippen molar-refractivity contribution in [2.24, 2.45) is 0 Å². The molecule has 0 heterocycles. The van der Waals surface area contributed by atoms with E-state index < -0.39 is 17.6 Å². The maximum absolute atomic E-state index is 12.5. The summed E-state index contributed by atoms with van der Waals surface area (Å²) < 4.78 is 43.5. The zero-order valence-corrected chi connectivity index (χ0v) is 13.8. The molecule has 0 unspecified atom stereocenters. The number of amides is 1. The van der Waals surface area contributed by atoms with Crippen LogP contribution in [0, 0.1) is 0 Å². The van der Waals surface area contributed by atoms with Crippen molar-refractivity contribution >= 4 is 27.5 Å². The molecule has 2 rings (SSSR count). The van der Waals surface area contributed by atoms with Gasteiger partial charge in [0.15, 0.2) is 6.61 Å². The minimum absolute atomic E-state index is 0.231. The van der Waals surface area contributed by atoms with Crippen LogP contribution in [0.2, 0.25) is 0 Å². The highest BCUT2D eigenvalue weighted by Crippen LogP contribution is 2.29. The van der Waals surface area contributed by atoms with Crippen LogP contribution in [0.1, 0.15) is 11.1 Å². The maximum atomic E-state index is 12.5. The minimum atomic E-state index is -4.42. The van der Waals surface area contributed by atoms with Gasteiger partial charge in [0, 0.05) is 15.7 Å². The Balaban J connectivity index is 1.94. The van der Waals surface area contributed by atoms with E-state index >= 15 is 0 Å². The lowest BCUT2D eigenvalue weighted by atomic mass is 10.2. The largest absolute Gasteiger partial charge is 0.483 e. The second kappa shape index (κ2) is 7.67. The van der Waals surface area contributed by atoms with Crippen molar-refractivity contribution < 1.29 is 27.8 Å². The van der Waals surface area contributed by atoms with E-state index in [1.54, 1.807) is 18.2 Å².